The minimum absolute atomic E-state index is 0.0876. The molecular formula is C14H15N3O4S. The molecule has 0 bridgehead atoms. The van der Waals surface area contributed by atoms with Gasteiger partial charge in [0.1, 0.15) is 0 Å². The van der Waals surface area contributed by atoms with Gasteiger partial charge in [0.25, 0.3) is 5.91 Å². The number of anilines is 1. The van der Waals surface area contributed by atoms with E-state index < -0.39 is 0 Å². The second-order valence-corrected chi connectivity index (χ2v) is 5.03. The first-order valence-electron chi connectivity index (χ1n) is 6.53. The number of carbonyl (C=O) groups excluding carboxylic acids is 2. The van der Waals surface area contributed by atoms with E-state index in [1.54, 1.807) is 24.4 Å². The zero-order valence-electron chi connectivity index (χ0n) is 12.2. The average Bonchev–Trinajstić information content (AvgIpc) is 2.94. The number of hydrogen-bond acceptors (Lipinski definition) is 7. The second kappa shape index (κ2) is 7.51. The summed E-state index contributed by atoms with van der Waals surface area (Å²) in [6.45, 7) is 2.07. The van der Waals surface area contributed by atoms with Crippen molar-refractivity contribution in [1.82, 2.24) is 9.97 Å². The molecule has 1 amide bonds. The fraction of sp³-hybridized carbons (Fsp3) is 0.286. The fourth-order valence-electron chi connectivity index (χ4n) is 1.61. The summed E-state index contributed by atoms with van der Waals surface area (Å²) in [4.78, 5) is 31.5. The number of amides is 1. The Balaban J connectivity index is 1.96. The van der Waals surface area contributed by atoms with Crippen LogP contribution in [0.25, 0.3) is 0 Å². The summed E-state index contributed by atoms with van der Waals surface area (Å²) in [6.07, 6.45) is 1.51. The van der Waals surface area contributed by atoms with Gasteiger partial charge in [0.2, 0.25) is 5.88 Å². The normalized spacial score (nSPS) is 10.1. The molecule has 0 aliphatic heterocycles. The number of nitrogens with one attached hydrogen (secondary N) is 1. The molecule has 2 aromatic rings. The number of carbonyl (C=O) groups is 2. The third-order valence-electron chi connectivity index (χ3n) is 2.61. The van der Waals surface area contributed by atoms with Crippen LogP contribution in [0.1, 0.15) is 23.0 Å². The van der Waals surface area contributed by atoms with E-state index in [1.807, 2.05) is 0 Å². The van der Waals surface area contributed by atoms with Gasteiger partial charge in [0, 0.05) is 17.6 Å². The lowest BCUT2D eigenvalue weighted by Gasteiger charge is -2.02. The highest BCUT2D eigenvalue weighted by molar-refractivity contribution is 7.14. The molecule has 0 spiro atoms. The minimum atomic E-state index is -0.343. The Hall–Kier alpha value is -2.48. The summed E-state index contributed by atoms with van der Waals surface area (Å²) in [6, 6.07) is 3.21. The van der Waals surface area contributed by atoms with Crippen LogP contribution in [0.4, 0.5) is 5.13 Å². The highest BCUT2D eigenvalue weighted by Crippen LogP contribution is 2.17. The van der Waals surface area contributed by atoms with Crippen molar-refractivity contribution in [3.8, 4) is 5.88 Å². The van der Waals surface area contributed by atoms with E-state index in [9.17, 15) is 9.59 Å². The van der Waals surface area contributed by atoms with E-state index in [4.69, 9.17) is 9.47 Å². The van der Waals surface area contributed by atoms with Crippen molar-refractivity contribution in [3.63, 3.8) is 0 Å². The predicted octanol–water partition coefficient (Wildman–Crippen LogP) is 1.90. The Bertz CT molecular complexity index is 654. The zero-order chi connectivity index (χ0) is 15.9. The Labute approximate surface area is 131 Å². The van der Waals surface area contributed by atoms with E-state index in [-0.39, 0.29) is 18.3 Å². The van der Waals surface area contributed by atoms with Crippen LogP contribution in [0.15, 0.2) is 23.7 Å². The van der Waals surface area contributed by atoms with Crippen molar-refractivity contribution in [2.24, 2.45) is 0 Å². The largest absolute Gasteiger partial charge is 0.481 e. The first-order valence-corrected chi connectivity index (χ1v) is 7.41. The van der Waals surface area contributed by atoms with E-state index in [0.29, 0.717) is 28.9 Å². The van der Waals surface area contributed by atoms with Gasteiger partial charge in [-0.2, -0.15) is 0 Å². The smallest absolute Gasteiger partial charge is 0.311 e. The molecule has 116 valence electrons. The molecule has 0 saturated carbocycles. The van der Waals surface area contributed by atoms with Gasteiger partial charge < -0.3 is 9.47 Å². The van der Waals surface area contributed by atoms with Crippen LogP contribution in [0.3, 0.4) is 0 Å². The topological polar surface area (TPSA) is 90.4 Å². The van der Waals surface area contributed by atoms with Crippen LogP contribution in [0.5, 0.6) is 5.88 Å². The van der Waals surface area contributed by atoms with Crippen LogP contribution in [-0.4, -0.2) is 35.6 Å². The molecule has 0 aromatic carbocycles. The number of aromatic nitrogens is 2. The minimum Gasteiger partial charge on any atom is -0.481 e. The molecule has 0 atom stereocenters. The maximum Gasteiger partial charge on any atom is 0.311 e. The van der Waals surface area contributed by atoms with Crippen LogP contribution < -0.4 is 10.1 Å². The summed E-state index contributed by atoms with van der Waals surface area (Å²) >= 11 is 1.24. The van der Waals surface area contributed by atoms with Gasteiger partial charge in [-0.15, -0.1) is 11.3 Å². The number of thiazole rings is 1. The molecule has 2 rings (SSSR count). The lowest BCUT2D eigenvalue weighted by Crippen LogP contribution is -2.12. The molecule has 8 heteroatoms. The molecule has 0 unspecified atom stereocenters. The van der Waals surface area contributed by atoms with Crippen molar-refractivity contribution in [2.75, 3.05) is 19.0 Å². The van der Waals surface area contributed by atoms with Crippen molar-refractivity contribution in [2.45, 2.75) is 13.3 Å². The van der Waals surface area contributed by atoms with Crippen LogP contribution in [-0.2, 0) is 16.0 Å². The third kappa shape index (κ3) is 4.26. The molecular weight excluding hydrogens is 306 g/mol. The monoisotopic (exact) mass is 321 g/mol. The maximum atomic E-state index is 12.0. The van der Waals surface area contributed by atoms with Crippen molar-refractivity contribution < 1.29 is 19.1 Å². The van der Waals surface area contributed by atoms with Crippen LogP contribution in [0.2, 0.25) is 0 Å². The lowest BCUT2D eigenvalue weighted by atomic mass is 10.3. The van der Waals surface area contributed by atoms with Crippen LogP contribution in [0, 0.1) is 0 Å². The standard InChI is InChI=1S/C14H15N3O4S/c1-3-21-12(18)6-10-8-22-14(16-10)17-13(19)9-4-5-11(20-2)15-7-9/h4-5,7-8H,3,6H2,1-2H3,(H,16,17,19). The SMILES string of the molecule is CCOC(=O)Cc1csc(NC(=O)c2ccc(OC)nc2)n1. The van der Waals surface area contributed by atoms with Crippen molar-refractivity contribution in [3.05, 3.63) is 35.0 Å². The van der Waals surface area contributed by atoms with Gasteiger partial charge >= 0.3 is 5.97 Å². The molecule has 7 nitrogen and oxygen atoms in total. The average molecular weight is 321 g/mol. The predicted molar refractivity (Wildman–Crippen MR) is 81.2 cm³/mol. The lowest BCUT2D eigenvalue weighted by molar-refractivity contribution is -0.142. The summed E-state index contributed by atoms with van der Waals surface area (Å²) < 4.78 is 9.78. The number of rotatable bonds is 6. The Morgan fingerprint density at radius 2 is 2.18 bits per heavy atom. The van der Waals surface area contributed by atoms with Crippen LogP contribution >= 0.6 is 11.3 Å². The molecule has 1 N–H and O–H groups in total. The highest BCUT2D eigenvalue weighted by atomic mass is 32.1. The van der Waals surface area contributed by atoms with Crippen molar-refractivity contribution >= 4 is 28.3 Å². The first-order chi connectivity index (χ1) is 10.6. The second-order valence-electron chi connectivity index (χ2n) is 4.17. The van der Waals surface area contributed by atoms with E-state index >= 15 is 0 Å². The molecule has 22 heavy (non-hydrogen) atoms. The summed E-state index contributed by atoms with van der Waals surface area (Å²) in [7, 11) is 1.50. The quantitative estimate of drug-likeness (QED) is 0.817. The number of methoxy groups -OCH3 is 1. The van der Waals surface area contributed by atoms with E-state index in [0.717, 1.165) is 0 Å². The van der Waals surface area contributed by atoms with Gasteiger partial charge in [0.05, 0.1) is 31.4 Å². The molecule has 2 aromatic heterocycles. The summed E-state index contributed by atoms with van der Waals surface area (Å²) in [5, 5.41) is 4.78. The van der Waals surface area contributed by atoms with Crippen molar-refractivity contribution in [1.29, 1.82) is 0 Å². The Morgan fingerprint density at radius 1 is 1.36 bits per heavy atom. The van der Waals surface area contributed by atoms with Gasteiger partial charge in [-0.25, -0.2) is 9.97 Å². The number of esters is 1. The van der Waals surface area contributed by atoms with E-state index in [2.05, 4.69) is 15.3 Å². The summed E-state index contributed by atoms with van der Waals surface area (Å²) in [5.74, 6) is -0.236. The molecule has 2 heterocycles. The zero-order valence-corrected chi connectivity index (χ0v) is 13.0. The Morgan fingerprint density at radius 3 is 2.82 bits per heavy atom. The number of nitrogens with zero attached hydrogens (tertiary/aromatic N) is 2. The van der Waals surface area contributed by atoms with Gasteiger partial charge in [-0.05, 0) is 13.0 Å². The molecule has 0 fully saturated rings. The van der Waals surface area contributed by atoms with Gasteiger partial charge in [-0.1, -0.05) is 0 Å². The van der Waals surface area contributed by atoms with Gasteiger partial charge in [-0.3, -0.25) is 14.9 Å². The summed E-state index contributed by atoms with van der Waals surface area (Å²) in [5.41, 5.74) is 0.953. The molecule has 0 aliphatic carbocycles. The van der Waals surface area contributed by atoms with Gasteiger partial charge in [0.15, 0.2) is 5.13 Å². The molecule has 0 saturated heterocycles. The molecule has 0 aliphatic rings. The molecule has 0 radical (unpaired) electrons. The van der Waals surface area contributed by atoms with E-state index in [1.165, 1.54) is 24.6 Å². The first kappa shape index (κ1) is 15.9. The Kier molecular flexibility index (Phi) is 5.42. The number of hydrogen-bond donors (Lipinski definition) is 1. The fourth-order valence-corrected chi connectivity index (χ4v) is 2.32. The third-order valence-corrected chi connectivity index (χ3v) is 3.42. The number of ether oxygens (including phenoxy) is 2. The maximum absolute atomic E-state index is 12.0. The highest BCUT2D eigenvalue weighted by Gasteiger charge is 2.12. The number of pyridine rings is 1.